The summed E-state index contributed by atoms with van der Waals surface area (Å²) in [6, 6.07) is 9.17. The van der Waals surface area contributed by atoms with E-state index >= 15 is 0 Å². The summed E-state index contributed by atoms with van der Waals surface area (Å²) < 4.78 is 8.27. The van der Waals surface area contributed by atoms with Gasteiger partial charge in [0.25, 0.3) is 11.5 Å². The van der Waals surface area contributed by atoms with Crippen LogP contribution in [0.4, 0.5) is 4.79 Å². The maximum atomic E-state index is 13.5. The molecule has 2 amide bonds. The number of carbonyl (C=O) groups is 2. The SMILES string of the molecule is CCCn1cc(C(=O)N2CCN(C(=O)OCC)CC2)c2nn(-c3ccccc3)c(=O)c-2c1. The molecule has 0 unspecified atom stereocenters. The molecule has 1 saturated heterocycles. The number of hydrogen-bond donors (Lipinski definition) is 0. The van der Waals surface area contributed by atoms with Crippen LogP contribution in [0.2, 0.25) is 0 Å². The topological polar surface area (TPSA) is 89.7 Å². The predicted molar refractivity (Wildman–Crippen MR) is 119 cm³/mol. The number of benzene rings is 1. The summed E-state index contributed by atoms with van der Waals surface area (Å²) in [4.78, 5) is 41.8. The van der Waals surface area contributed by atoms with Crippen LogP contribution >= 0.6 is 0 Å². The highest BCUT2D eigenvalue weighted by Crippen LogP contribution is 2.24. The van der Waals surface area contributed by atoms with Crippen LogP contribution in [0, 0.1) is 0 Å². The molecule has 3 aliphatic heterocycles. The van der Waals surface area contributed by atoms with Gasteiger partial charge in [-0.2, -0.15) is 9.78 Å². The number of aryl methyl sites for hydroxylation is 1. The van der Waals surface area contributed by atoms with E-state index in [1.54, 1.807) is 29.1 Å². The molecule has 1 aromatic carbocycles. The van der Waals surface area contributed by atoms with E-state index in [1.165, 1.54) is 4.68 Å². The van der Waals surface area contributed by atoms with Crippen molar-refractivity contribution in [1.29, 1.82) is 0 Å². The number of para-hydroxylation sites is 1. The highest BCUT2D eigenvalue weighted by molar-refractivity contribution is 6.00. The molecule has 168 valence electrons. The largest absolute Gasteiger partial charge is 0.450 e. The Kier molecular flexibility index (Phi) is 6.25. The average molecular weight is 438 g/mol. The third-order valence-electron chi connectivity index (χ3n) is 5.53. The zero-order valence-electron chi connectivity index (χ0n) is 18.4. The van der Waals surface area contributed by atoms with Gasteiger partial charge in [-0.25, -0.2) is 4.79 Å². The highest BCUT2D eigenvalue weighted by Gasteiger charge is 2.30. The fourth-order valence-corrected chi connectivity index (χ4v) is 3.93. The van der Waals surface area contributed by atoms with Gasteiger partial charge >= 0.3 is 6.09 Å². The van der Waals surface area contributed by atoms with Crippen LogP contribution in [0.5, 0.6) is 0 Å². The van der Waals surface area contributed by atoms with Crippen LogP contribution in [-0.4, -0.2) is 68.9 Å². The average Bonchev–Trinajstić information content (AvgIpc) is 3.15. The van der Waals surface area contributed by atoms with E-state index in [1.807, 2.05) is 41.8 Å². The van der Waals surface area contributed by atoms with Crippen molar-refractivity contribution in [3.63, 3.8) is 0 Å². The number of carbonyl (C=O) groups excluding carboxylic acids is 2. The molecular weight excluding hydrogens is 410 g/mol. The van der Waals surface area contributed by atoms with Crippen molar-refractivity contribution >= 4 is 12.0 Å². The van der Waals surface area contributed by atoms with Crippen LogP contribution in [-0.2, 0) is 11.3 Å². The van der Waals surface area contributed by atoms with Crippen molar-refractivity contribution in [2.75, 3.05) is 32.8 Å². The minimum Gasteiger partial charge on any atom is -0.450 e. The zero-order valence-corrected chi connectivity index (χ0v) is 18.4. The number of amides is 2. The Balaban J connectivity index is 1.68. The van der Waals surface area contributed by atoms with Gasteiger partial charge in [-0.15, -0.1) is 0 Å². The first-order valence-corrected chi connectivity index (χ1v) is 10.9. The Hall–Kier alpha value is -3.62. The van der Waals surface area contributed by atoms with Gasteiger partial charge in [0, 0.05) is 45.1 Å². The number of rotatable bonds is 5. The molecule has 32 heavy (non-hydrogen) atoms. The monoisotopic (exact) mass is 437 g/mol. The number of pyridine rings is 1. The second-order valence-electron chi connectivity index (χ2n) is 7.70. The molecule has 1 fully saturated rings. The molecule has 0 spiro atoms. The lowest BCUT2D eigenvalue weighted by molar-refractivity contribution is 0.0570. The standard InChI is InChI=1S/C23H27N5O4/c1-3-10-25-15-18(21(29)26-11-13-27(14-12-26)23(31)32-4-2)20-19(16-25)22(30)28(24-20)17-8-6-5-7-9-17/h5-9,15-16H,3-4,10-14H2,1-2H3. The normalized spacial score (nSPS) is 14.1. The number of hydrogen-bond acceptors (Lipinski definition) is 5. The summed E-state index contributed by atoms with van der Waals surface area (Å²) in [5.41, 5.74) is 1.60. The summed E-state index contributed by atoms with van der Waals surface area (Å²) >= 11 is 0. The van der Waals surface area contributed by atoms with Crippen molar-refractivity contribution in [3.8, 4) is 16.9 Å². The number of ether oxygens (including phenoxy) is 1. The van der Waals surface area contributed by atoms with Gasteiger partial charge in [0.1, 0.15) is 5.69 Å². The van der Waals surface area contributed by atoms with E-state index in [4.69, 9.17) is 4.74 Å². The Bertz CT molecular complexity index is 1130. The third-order valence-corrected chi connectivity index (χ3v) is 5.53. The van der Waals surface area contributed by atoms with Crippen molar-refractivity contribution in [3.05, 3.63) is 58.6 Å². The molecule has 0 saturated carbocycles. The van der Waals surface area contributed by atoms with E-state index < -0.39 is 0 Å². The van der Waals surface area contributed by atoms with E-state index in [9.17, 15) is 14.4 Å². The first-order chi connectivity index (χ1) is 15.5. The van der Waals surface area contributed by atoms with Crippen LogP contribution in [0.25, 0.3) is 16.9 Å². The first kappa shape index (κ1) is 21.6. The quantitative estimate of drug-likeness (QED) is 0.612. The van der Waals surface area contributed by atoms with E-state index in [0.29, 0.717) is 61.8 Å². The number of nitrogens with zero attached hydrogens (tertiary/aromatic N) is 5. The van der Waals surface area contributed by atoms with Gasteiger partial charge in [-0.05, 0) is 25.5 Å². The highest BCUT2D eigenvalue weighted by atomic mass is 16.6. The van der Waals surface area contributed by atoms with E-state index in [2.05, 4.69) is 5.10 Å². The van der Waals surface area contributed by atoms with Gasteiger partial charge in [0.15, 0.2) is 0 Å². The van der Waals surface area contributed by atoms with Gasteiger partial charge in [0.2, 0.25) is 0 Å². The van der Waals surface area contributed by atoms with Gasteiger partial charge in [-0.3, -0.25) is 9.59 Å². The molecule has 9 nitrogen and oxygen atoms in total. The smallest absolute Gasteiger partial charge is 0.409 e. The Labute approximate surface area is 186 Å². The van der Waals surface area contributed by atoms with Crippen molar-refractivity contribution < 1.29 is 14.3 Å². The summed E-state index contributed by atoms with van der Waals surface area (Å²) in [6.45, 7) is 6.40. The number of aromatic nitrogens is 3. The lowest BCUT2D eigenvalue weighted by Crippen LogP contribution is -2.50. The molecule has 1 aromatic rings. The minimum atomic E-state index is -0.361. The Morgan fingerprint density at radius 3 is 2.34 bits per heavy atom. The number of fused-ring (bicyclic) bond motifs is 1. The molecule has 9 heteroatoms. The molecule has 0 N–H and O–H groups in total. The fourth-order valence-electron chi connectivity index (χ4n) is 3.93. The second-order valence-corrected chi connectivity index (χ2v) is 7.70. The predicted octanol–water partition coefficient (Wildman–Crippen LogP) is 2.46. The van der Waals surface area contributed by atoms with Crippen LogP contribution in [0.15, 0.2) is 47.5 Å². The molecule has 0 aromatic heterocycles. The summed E-state index contributed by atoms with van der Waals surface area (Å²) in [6.07, 6.45) is 4.04. The van der Waals surface area contributed by atoms with E-state index in [-0.39, 0.29) is 17.6 Å². The lowest BCUT2D eigenvalue weighted by atomic mass is 10.1. The molecule has 0 bridgehead atoms. The van der Waals surface area contributed by atoms with Gasteiger partial charge in [0.05, 0.1) is 23.4 Å². The molecule has 3 heterocycles. The van der Waals surface area contributed by atoms with Crippen molar-refractivity contribution in [2.24, 2.45) is 0 Å². The molecule has 0 atom stereocenters. The second kappa shape index (κ2) is 9.25. The minimum absolute atomic E-state index is 0.193. The fraction of sp³-hybridized carbons (Fsp3) is 0.391. The molecule has 0 aliphatic carbocycles. The maximum Gasteiger partial charge on any atom is 0.409 e. The maximum absolute atomic E-state index is 13.5. The van der Waals surface area contributed by atoms with E-state index in [0.717, 1.165) is 6.42 Å². The summed E-state index contributed by atoms with van der Waals surface area (Å²) in [5.74, 6) is -0.193. The van der Waals surface area contributed by atoms with Crippen LogP contribution < -0.4 is 5.56 Å². The van der Waals surface area contributed by atoms with Crippen molar-refractivity contribution in [2.45, 2.75) is 26.8 Å². The first-order valence-electron chi connectivity index (χ1n) is 10.9. The molecule has 4 rings (SSSR count). The molecular formula is C23H27N5O4. The third kappa shape index (κ3) is 4.10. The Morgan fingerprint density at radius 1 is 1.00 bits per heavy atom. The summed E-state index contributed by atoms with van der Waals surface area (Å²) in [5, 5.41) is 4.53. The summed E-state index contributed by atoms with van der Waals surface area (Å²) in [7, 11) is 0. The Morgan fingerprint density at radius 2 is 1.69 bits per heavy atom. The number of piperazine rings is 1. The van der Waals surface area contributed by atoms with Crippen molar-refractivity contribution in [1.82, 2.24) is 24.1 Å². The zero-order chi connectivity index (χ0) is 22.7. The van der Waals surface area contributed by atoms with Crippen LogP contribution in [0.3, 0.4) is 0 Å². The molecule has 3 aliphatic rings. The van der Waals surface area contributed by atoms with Crippen LogP contribution in [0.1, 0.15) is 30.6 Å². The van der Waals surface area contributed by atoms with Gasteiger partial charge in [-0.1, -0.05) is 25.1 Å². The molecule has 0 radical (unpaired) electrons. The van der Waals surface area contributed by atoms with Gasteiger partial charge < -0.3 is 19.1 Å². The lowest BCUT2D eigenvalue weighted by Gasteiger charge is -2.34.